The number of ether oxygens (including phenoxy) is 1. The molecule has 0 bridgehead atoms. The van der Waals surface area contributed by atoms with Crippen molar-refractivity contribution in [2.24, 2.45) is 0 Å². The number of hydrogen-bond acceptors (Lipinski definition) is 4. The fourth-order valence-corrected chi connectivity index (χ4v) is 2.68. The van der Waals surface area contributed by atoms with Gasteiger partial charge in [-0.15, -0.1) is 0 Å². The molecule has 2 rings (SSSR count). The van der Waals surface area contributed by atoms with Crippen LogP contribution in [0.15, 0.2) is 52.9 Å². The van der Waals surface area contributed by atoms with Crippen molar-refractivity contribution >= 4 is 27.5 Å². The van der Waals surface area contributed by atoms with Crippen molar-refractivity contribution in [3.05, 3.63) is 58.7 Å². The number of pyridine rings is 1. The minimum absolute atomic E-state index is 0.182. The van der Waals surface area contributed by atoms with Crippen LogP contribution < -0.4 is 4.74 Å². The van der Waals surface area contributed by atoms with Crippen molar-refractivity contribution in [1.29, 1.82) is 0 Å². The first-order valence-electron chi connectivity index (χ1n) is 5.71. The number of nitrogens with zero attached hydrogens (tertiary/aromatic N) is 1. The van der Waals surface area contributed by atoms with E-state index in [2.05, 4.69) is 4.98 Å². The van der Waals surface area contributed by atoms with Gasteiger partial charge in [0.15, 0.2) is 9.84 Å². The monoisotopic (exact) mass is 309 g/mol. The Morgan fingerprint density at radius 2 is 1.90 bits per heavy atom. The molecule has 6 heteroatoms. The third kappa shape index (κ3) is 3.37. The van der Waals surface area contributed by atoms with E-state index < -0.39 is 9.84 Å². The number of hydrogen-bond donors (Lipinski definition) is 0. The Labute approximate surface area is 122 Å². The molecule has 0 amide bonds. The van der Waals surface area contributed by atoms with E-state index in [1.165, 1.54) is 25.3 Å². The van der Waals surface area contributed by atoms with Crippen LogP contribution in [0.2, 0.25) is 5.02 Å². The highest BCUT2D eigenvalue weighted by atomic mass is 35.5. The summed E-state index contributed by atoms with van der Waals surface area (Å²) in [6, 6.07) is 9.48. The smallest absolute Gasteiger partial charge is 0.199 e. The Morgan fingerprint density at radius 3 is 2.50 bits per heavy atom. The maximum Gasteiger partial charge on any atom is 0.199 e. The Bertz CT molecular complexity index is 724. The van der Waals surface area contributed by atoms with E-state index in [0.29, 0.717) is 16.5 Å². The van der Waals surface area contributed by atoms with Crippen LogP contribution in [-0.2, 0) is 9.84 Å². The summed E-state index contributed by atoms with van der Waals surface area (Å²) in [4.78, 5) is 4.18. The number of rotatable bonds is 4. The zero-order chi connectivity index (χ0) is 14.6. The normalized spacial score (nSPS) is 11.7. The van der Waals surface area contributed by atoms with Gasteiger partial charge in [-0.05, 0) is 42.5 Å². The molecule has 0 unspecified atom stereocenters. The first-order chi connectivity index (χ1) is 9.53. The van der Waals surface area contributed by atoms with Gasteiger partial charge in [0.05, 0.1) is 22.7 Å². The Morgan fingerprint density at radius 1 is 1.20 bits per heavy atom. The first-order valence-corrected chi connectivity index (χ1v) is 7.63. The summed E-state index contributed by atoms with van der Waals surface area (Å²) in [7, 11) is -2.01. The highest BCUT2D eigenvalue weighted by molar-refractivity contribution is 7.94. The summed E-state index contributed by atoms with van der Waals surface area (Å²) in [6.07, 6.45) is 2.92. The predicted octanol–water partition coefficient (Wildman–Crippen LogP) is 3.19. The lowest BCUT2D eigenvalue weighted by molar-refractivity contribution is 0.414. The van der Waals surface area contributed by atoms with Crippen LogP contribution in [0, 0.1) is 0 Å². The average molecular weight is 310 g/mol. The van der Waals surface area contributed by atoms with Gasteiger partial charge in [0.1, 0.15) is 5.75 Å². The lowest BCUT2D eigenvalue weighted by Gasteiger charge is -2.02. The highest BCUT2D eigenvalue weighted by Gasteiger charge is 2.10. The summed E-state index contributed by atoms with van der Waals surface area (Å²) >= 11 is 5.91. The molecular formula is C14H12ClNO3S. The van der Waals surface area contributed by atoms with Gasteiger partial charge in [-0.25, -0.2) is 8.42 Å². The van der Waals surface area contributed by atoms with E-state index in [4.69, 9.17) is 16.3 Å². The van der Waals surface area contributed by atoms with Crippen LogP contribution in [0.3, 0.4) is 0 Å². The van der Waals surface area contributed by atoms with Crippen molar-refractivity contribution in [1.82, 2.24) is 4.98 Å². The number of aromatic nitrogens is 1. The molecule has 1 aromatic carbocycles. The molecule has 0 aliphatic rings. The third-order valence-corrected chi connectivity index (χ3v) is 4.32. The molecule has 2 aromatic rings. The zero-order valence-corrected chi connectivity index (χ0v) is 12.2. The summed E-state index contributed by atoms with van der Waals surface area (Å²) < 4.78 is 29.2. The molecule has 4 nitrogen and oxygen atoms in total. The Balaban J connectivity index is 2.29. The minimum Gasteiger partial charge on any atom is -0.497 e. The van der Waals surface area contributed by atoms with Gasteiger partial charge in [-0.3, -0.25) is 4.98 Å². The van der Waals surface area contributed by atoms with Gasteiger partial charge in [-0.2, -0.15) is 0 Å². The average Bonchev–Trinajstić information content (AvgIpc) is 2.46. The fourth-order valence-electron chi connectivity index (χ4n) is 1.52. The molecule has 1 heterocycles. The molecule has 0 saturated heterocycles. The summed E-state index contributed by atoms with van der Waals surface area (Å²) in [5, 5.41) is 1.48. The van der Waals surface area contributed by atoms with Crippen molar-refractivity contribution in [2.75, 3.05) is 7.11 Å². The fraction of sp³-hybridized carbons (Fsp3) is 0.0714. The summed E-state index contributed by atoms with van der Waals surface area (Å²) in [6.45, 7) is 0. The van der Waals surface area contributed by atoms with E-state index in [9.17, 15) is 8.42 Å². The lowest BCUT2D eigenvalue weighted by Crippen LogP contribution is -1.96. The van der Waals surface area contributed by atoms with Crippen LogP contribution in [-0.4, -0.2) is 20.5 Å². The zero-order valence-electron chi connectivity index (χ0n) is 10.7. The van der Waals surface area contributed by atoms with Crippen molar-refractivity contribution in [3.8, 4) is 5.75 Å². The molecule has 104 valence electrons. The summed E-state index contributed by atoms with van der Waals surface area (Å²) in [5.74, 6) is 0.598. The SMILES string of the molecule is COc1ccc(S(=O)(=O)/C=C/c2ncccc2Cl)cc1. The van der Waals surface area contributed by atoms with E-state index in [0.717, 1.165) is 5.41 Å². The molecule has 0 saturated carbocycles. The van der Waals surface area contributed by atoms with Crippen LogP contribution in [0.5, 0.6) is 5.75 Å². The summed E-state index contributed by atoms with van der Waals surface area (Å²) in [5.41, 5.74) is 0.409. The van der Waals surface area contributed by atoms with Crippen molar-refractivity contribution < 1.29 is 13.2 Å². The maximum absolute atomic E-state index is 12.1. The second-order valence-electron chi connectivity index (χ2n) is 3.89. The topological polar surface area (TPSA) is 56.3 Å². The van der Waals surface area contributed by atoms with E-state index in [1.807, 2.05) is 0 Å². The van der Waals surface area contributed by atoms with E-state index >= 15 is 0 Å². The van der Waals surface area contributed by atoms with E-state index in [1.54, 1.807) is 30.5 Å². The Hall–Kier alpha value is -1.85. The second kappa shape index (κ2) is 6.07. The van der Waals surface area contributed by atoms with Gasteiger partial charge < -0.3 is 4.74 Å². The van der Waals surface area contributed by atoms with Crippen molar-refractivity contribution in [2.45, 2.75) is 4.90 Å². The molecule has 0 aliphatic heterocycles. The molecule has 0 fully saturated rings. The predicted molar refractivity (Wildman–Crippen MR) is 78.5 cm³/mol. The second-order valence-corrected chi connectivity index (χ2v) is 6.13. The molecule has 0 atom stereocenters. The minimum atomic E-state index is -3.53. The number of benzene rings is 1. The number of methoxy groups -OCH3 is 1. The van der Waals surface area contributed by atoms with Crippen LogP contribution in [0.1, 0.15) is 5.69 Å². The standard InChI is InChI=1S/C14H12ClNO3S/c1-19-11-4-6-12(7-5-11)20(17,18)10-8-14-13(15)3-2-9-16-14/h2-10H,1H3/b10-8+. The number of halogens is 1. The molecule has 1 aromatic heterocycles. The van der Waals surface area contributed by atoms with E-state index in [-0.39, 0.29) is 4.90 Å². The largest absolute Gasteiger partial charge is 0.497 e. The Kier molecular flexibility index (Phi) is 4.42. The van der Waals surface area contributed by atoms with Gasteiger partial charge in [0, 0.05) is 11.6 Å². The molecule has 20 heavy (non-hydrogen) atoms. The highest BCUT2D eigenvalue weighted by Crippen LogP contribution is 2.19. The molecule has 0 radical (unpaired) electrons. The number of sulfone groups is 1. The van der Waals surface area contributed by atoms with Crippen LogP contribution in [0.25, 0.3) is 6.08 Å². The van der Waals surface area contributed by atoms with Gasteiger partial charge in [0.2, 0.25) is 0 Å². The maximum atomic E-state index is 12.1. The van der Waals surface area contributed by atoms with Gasteiger partial charge >= 0.3 is 0 Å². The molecule has 0 aliphatic carbocycles. The molecular weight excluding hydrogens is 298 g/mol. The molecule has 0 spiro atoms. The first kappa shape index (κ1) is 14.6. The van der Waals surface area contributed by atoms with Gasteiger partial charge in [-0.1, -0.05) is 11.6 Å². The third-order valence-electron chi connectivity index (χ3n) is 2.58. The lowest BCUT2D eigenvalue weighted by atomic mass is 10.3. The quantitative estimate of drug-likeness (QED) is 0.870. The van der Waals surface area contributed by atoms with Crippen LogP contribution in [0.4, 0.5) is 0 Å². The van der Waals surface area contributed by atoms with Crippen molar-refractivity contribution in [3.63, 3.8) is 0 Å². The molecule has 0 N–H and O–H groups in total. The van der Waals surface area contributed by atoms with Crippen LogP contribution >= 0.6 is 11.6 Å². The van der Waals surface area contributed by atoms with Gasteiger partial charge in [0.25, 0.3) is 0 Å².